The van der Waals surface area contributed by atoms with Crippen LogP contribution in [0.15, 0.2) is 0 Å². The van der Waals surface area contributed by atoms with Crippen molar-refractivity contribution in [3.63, 3.8) is 0 Å². The van der Waals surface area contributed by atoms with Gasteiger partial charge in [0, 0.05) is 32.9 Å². The molecule has 0 aliphatic carbocycles. The molecule has 0 saturated carbocycles. The molecule has 0 aliphatic rings. The van der Waals surface area contributed by atoms with Gasteiger partial charge in [0.25, 0.3) is 0 Å². The molecule has 0 atom stereocenters. The van der Waals surface area contributed by atoms with Crippen LogP contribution in [0.25, 0.3) is 0 Å². The van der Waals surface area contributed by atoms with Crippen LogP contribution >= 0.6 is 0 Å². The van der Waals surface area contributed by atoms with Crippen LogP contribution < -0.4 is 0 Å². The van der Waals surface area contributed by atoms with Gasteiger partial charge in [0.15, 0.2) is 0 Å². The molecule has 0 aromatic heterocycles. The lowest BCUT2D eigenvalue weighted by Crippen LogP contribution is -2.32. The van der Waals surface area contributed by atoms with Crippen LogP contribution in [0.2, 0.25) is 0 Å². The molecule has 0 rings (SSSR count). The van der Waals surface area contributed by atoms with E-state index in [0.29, 0.717) is 0 Å². The van der Waals surface area contributed by atoms with Crippen molar-refractivity contribution in [2.24, 2.45) is 0 Å². The second-order valence-electron chi connectivity index (χ2n) is 5.20. The quantitative estimate of drug-likeness (QED) is 0.444. The van der Waals surface area contributed by atoms with Crippen LogP contribution in [0.1, 0.15) is 52.4 Å². The number of aliphatic hydroxyl groups is 1. The molecule has 1 N–H and O–H groups in total. The number of nitrogens with zero attached hydrogens (tertiary/aromatic N) is 1. The van der Waals surface area contributed by atoms with Crippen molar-refractivity contribution >= 4 is 0 Å². The van der Waals surface area contributed by atoms with Crippen molar-refractivity contribution in [3.05, 3.63) is 0 Å². The third-order valence-electron chi connectivity index (χ3n) is 3.27. The first kappa shape index (κ1) is 19.8. The lowest BCUT2D eigenvalue weighted by molar-refractivity contribution is 0.0716. The zero-order chi connectivity index (χ0) is 14.9. The minimum Gasteiger partial charge on any atom is -0.396 e. The molecule has 20 heavy (non-hydrogen) atoms. The topological polar surface area (TPSA) is 41.9 Å². The summed E-state index contributed by atoms with van der Waals surface area (Å²) in [5, 5.41) is 8.86. The van der Waals surface area contributed by atoms with Crippen molar-refractivity contribution in [2.75, 3.05) is 52.7 Å². The predicted octanol–water partition coefficient (Wildman–Crippen LogP) is 2.69. The average molecular weight is 289 g/mol. The summed E-state index contributed by atoms with van der Waals surface area (Å²) in [6.45, 7) is 10.9. The maximum Gasteiger partial charge on any atom is 0.0593 e. The van der Waals surface area contributed by atoms with Gasteiger partial charge in [0.2, 0.25) is 0 Å². The maximum atomic E-state index is 8.86. The van der Waals surface area contributed by atoms with Gasteiger partial charge in [-0.3, -0.25) is 4.90 Å². The fraction of sp³-hybridized carbons (Fsp3) is 1.00. The first-order valence-corrected chi connectivity index (χ1v) is 8.33. The van der Waals surface area contributed by atoms with Crippen molar-refractivity contribution in [1.82, 2.24) is 4.90 Å². The van der Waals surface area contributed by atoms with Crippen LogP contribution in [0.4, 0.5) is 0 Å². The van der Waals surface area contributed by atoms with Gasteiger partial charge in [-0.25, -0.2) is 0 Å². The Labute approximate surface area is 125 Å². The Kier molecular flexibility index (Phi) is 16.8. The molecule has 0 bridgehead atoms. The fourth-order valence-electron chi connectivity index (χ4n) is 1.87. The summed E-state index contributed by atoms with van der Waals surface area (Å²) in [5.74, 6) is 0. The molecule has 0 radical (unpaired) electrons. The molecule has 0 aromatic carbocycles. The molecule has 4 nitrogen and oxygen atoms in total. The van der Waals surface area contributed by atoms with E-state index in [-0.39, 0.29) is 6.61 Å². The van der Waals surface area contributed by atoms with E-state index in [2.05, 4.69) is 18.7 Å². The summed E-state index contributed by atoms with van der Waals surface area (Å²) in [6, 6.07) is 0. The summed E-state index contributed by atoms with van der Waals surface area (Å²) in [6.07, 6.45) is 6.58. The number of hydrogen-bond acceptors (Lipinski definition) is 4. The van der Waals surface area contributed by atoms with Crippen LogP contribution in [0.3, 0.4) is 0 Å². The SMILES string of the molecule is CCCCOCCN(CCCCO)CCOCCCC. The van der Waals surface area contributed by atoms with Crippen molar-refractivity contribution in [2.45, 2.75) is 52.4 Å². The summed E-state index contributed by atoms with van der Waals surface area (Å²) >= 11 is 0. The van der Waals surface area contributed by atoms with E-state index in [4.69, 9.17) is 14.6 Å². The summed E-state index contributed by atoms with van der Waals surface area (Å²) < 4.78 is 11.2. The average Bonchev–Trinajstić information content (AvgIpc) is 2.46. The van der Waals surface area contributed by atoms with Gasteiger partial charge in [-0.15, -0.1) is 0 Å². The molecule has 4 heteroatoms. The highest BCUT2D eigenvalue weighted by Gasteiger charge is 2.04. The molecular formula is C16H35NO3. The van der Waals surface area contributed by atoms with Gasteiger partial charge in [0.05, 0.1) is 13.2 Å². The highest BCUT2D eigenvalue weighted by Crippen LogP contribution is 1.97. The third kappa shape index (κ3) is 14.3. The molecule has 0 aromatic rings. The van der Waals surface area contributed by atoms with E-state index in [1.165, 1.54) is 12.8 Å². The van der Waals surface area contributed by atoms with E-state index in [1.54, 1.807) is 0 Å². The second kappa shape index (κ2) is 16.9. The summed E-state index contributed by atoms with van der Waals surface area (Å²) in [5.41, 5.74) is 0. The van der Waals surface area contributed by atoms with Gasteiger partial charge in [-0.05, 0) is 32.2 Å². The Morgan fingerprint density at radius 2 is 1.25 bits per heavy atom. The van der Waals surface area contributed by atoms with Gasteiger partial charge < -0.3 is 14.6 Å². The van der Waals surface area contributed by atoms with Crippen LogP contribution in [-0.2, 0) is 9.47 Å². The normalized spacial score (nSPS) is 11.4. The zero-order valence-corrected chi connectivity index (χ0v) is 13.6. The Balaban J connectivity index is 3.64. The summed E-state index contributed by atoms with van der Waals surface area (Å²) in [7, 11) is 0. The van der Waals surface area contributed by atoms with E-state index in [9.17, 15) is 0 Å². The van der Waals surface area contributed by atoms with Crippen molar-refractivity contribution in [1.29, 1.82) is 0 Å². The van der Waals surface area contributed by atoms with Gasteiger partial charge in [-0.1, -0.05) is 26.7 Å². The molecule has 0 saturated heterocycles. The molecule has 122 valence electrons. The second-order valence-corrected chi connectivity index (χ2v) is 5.20. The summed E-state index contributed by atoms with van der Waals surface area (Å²) in [4.78, 5) is 2.38. The number of ether oxygens (including phenoxy) is 2. The number of aliphatic hydroxyl groups excluding tert-OH is 1. The van der Waals surface area contributed by atoms with E-state index in [0.717, 1.165) is 71.7 Å². The molecule has 0 heterocycles. The fourth-order valence-corrected chi connectivity index (χ4v) is 1.87. The smallest absolute Gasteiger partial charge is 0.0593 e. The first-order chi connectivity index (χ1) is 9.85. The monoisotopic (exact) mass is 289 g/mol. The maximum absolute atomic E-state index is 8.86. The highest BCUT2D eigenvalue weighted by atomic mass is 16.5. The van der Waals surface area contributed by atoms with Crippen molar-refractivity contribution in [3.8, 4) is 0 Å². The van der Waals surface area contributed by atoms with Crippen LogP contribution in [-0.4, -0.2) is 62.7 Å². The number of unbranched alkanes of at least 4 members (excludes halogenated alkanes) is 3. The first-order valence-electron chi connectivity index (χ1n) is 8.33. The molecule has 0 aliphatic heterocycles. The Morgan fingerprint density at radius 1 is 0.700 bits per heavy atom. The Morgan fingerprint density at radius 3 is 1.70 bits per heavy atom. The minimum absolute atomic E-state index is 0.286. The van der Waals surface area contributed by atoms with Gasteiger partial charge in [-0.2, -0.15) is 0 Å². The van der Waals surface area contributed by atoms with Crippen LogP contribution in [0, 0.1) is 0 Å². The van der Waals surface area contributed by atoms with Gasteiger partial charge in [0.1, 0.15) is 0 Å². The van der Waals surface area contributed by atoms with E-state index in [1.807, 2.05) is 0 Å². The molecule has 0 fully saturated rings. The van der Waals surface area contributed by atoms with Crippen LogP contribution in [0.5, 0.6) is 0 Å². The Bertz CT molecular complexity index is 165. The molecule has 0 spiro atoms. The molecule has 0 unspecified atom stereocenters. The van der Waals surface area contributed by atoms with E-state index >= 15 is 0 Å². The molecular weight excluding hydrogens is 254 g/mol. The van der Waals surface area contributed by atoms with E-state index < -0.39 is 0 Å². The third-order valence-corrected chi connectivity index (χ3v) is 3.27. The number of hydrogen-bond donors (Lipinski definition) is 1. The largest absolute Gasteiger partial charge is 0.396 e. The minimum atomic E-state index is 0.286. The molecule has 0 amide bonds. The zero-order valence-electron chi connectivity index (χ0n) is 13.6. The standard InChI is InChI=1S/C16H35NO3/c1-3-5-13-19-15-10-17(9-7-8-12-18)11-16-20-14-6-4-2/h18H,3-16H2,1-2H3. The lowest BCUT2D eigenvalue weighted by Gasteiger charge is -2.22. The van der Waals surface area contributed by atoms with Crippen molar-refractivity contribution < 1.29 is 14.6 Å². The highest BCUT2D eigenvalue weighted by molar-refractivity contribution is 4.58. The predicted molar refractivity (Wildman–Crippen MR) is 84.2 cm³/mol. The number of rotatable bonds is 16. The Hall–Kier alpha value is -0.160. The lowest BCUT2D eigenvalue weighted by atomic mass is 10.3. The van der Waals surface area contributed by atoms with Gasteiger partial charge >= 0.3 is 0 Å².